The van der Waals surface area contributed by atoms with Gasteiger partial charge in [-0.15, -0.1) is 0 Å². The average molecular weight is 370 g/mol. The van der Waals surface area contributed by atoms with E-state index >= 15 is 0 Å². The normalized spacial score (nSPS) is 13.0. The molecule has 0 radical (unpaired) electrons. The zero-order chi connectivity index (χ0) is 20.0. The fraction of sp³-hybridized carbons (Fsp3) is 0.435. The van der Waals surface area contributed by atoms with Gasteiger partial charge in [-0.3, -0.25) is 4.79 Å². The van der Waals surface area contributed by atoms with Crippen LogP contribution in [0.5, 0.6) is 11.5 Å². The van der Waals surface area contributed by atoms with E-state index < -0.39 is 6.10 Å². The van der Waals surface area contributed by atoms with Crippen LogP contribution in [-0.4, -0.2) is 19.1 Å². The fourth-order valence-corrected chi connectivity index (χ4v) is 3.11. The van der Waals surface area contributed by atoms with Gasteiger partial charge in [0.15, 0.2) is 6.10 Å². The van der Waals surface area contributed by atoms with Gasteiger partial charge in [0.05, 0.1) is 13.2 Å². The monoisotopic (exact) mass is 369 g/mol. The molecule has 0 saturated carbocycles. The molecule has 2 rings (SSSR count). The molecule has 1 amide bonds. The number of benzene rings is 2. The van der Waals surface area contributed by atoms with Crippen LogP contribution in [0.2, 0.25) is 0 Å². The lowest BCUT2D eigenvalue weighted by Gasteiger charge is -2.23. The molecule has 0 saturated heterocycles. The summed E-state index contributed by atoms with van der Waals surface area (Å²) in [6.45, 7) is 10.1. The highest BCUT2D eigenvalue weighted by molar-refractivity contribution is 5.81. The number of hydrogen-bond donors (Lipinski definition) is 1. The largest absolute Gasteiger partial charge is 0.496 e. The van der Waals surface area contributed by atoms with Crippen molar-refractivity contribution in [2.45, 2.75) is 59.6 Å². The van der Waals surface area contributed by atoms with Crippen molar-refractivity contribution < 1.29 is 14.3 Å². The highest BCUT2D eigenvalue weighted by atomic mass is 16.5. The number of methoxy groups -OCH3 is 1. The third-order valence-electron chi connectivity index (χ3n) is 4.82. The van der Waals surface area contributed by atoms with E-state index in [0.29, 0.717) is 6.42 Å². The van der Waals surface area contributed by atoms with Crippen molar-refractivity contribution in [2.75, 3.05) is 7.11 Å². The molecule has 2 aromatic carbocycles. The smallest absolute Gasteiger partial charge is 0.261 e. The Morgan fingerprint density at radius 1 is 0.963 bits per heavy atom. The highest BCUT2D eigenvalue weighted by Crippen LogP contribution is 2.25. The Morgan fingerprint density at radius 3 is 2.30 bits per heavy atom. The molecule has 146 valence electrons. The number of aryl methyl sites for hydroxylation is 3. The Morgan fingerprint density at radius 2 is 1.70 bits per heavy atom. The van der Waals surface area contributed by atoms with Gasteiger partial charge in [0.1, 0.15) is 11.5 Å². The van der Waals surface area contributed by atoms with Crippen LogP contribution in [-0.2, 0) is 4.79 Å². The van der Waals surface area contributed by atoms with Gasteiger partial charge in [-0.2, -0.15) is 0 Å². The molecule has 2 atom stereocenters. The molecule has 0 fully saturated rings. The number of carbonyl (C=O) groups is 1. The summed E-state index contributed by atoms with van der Waals surface area (Å²) in [4.78, 5) is 12.9. The van der Waals surface area contributed by atoms with E-state index in [-0.39, 0.29) is 11.9 Å². The van der Waals surface area contributed by atoms with E-state index in [9.17, 15) is 4.79 Å². The van der Waals surface area contributed by atoms with Crippen LogP contribution >= 0.6 is 0 Å². The first kappa shape index (κ1) is 20.8. The van der Waals surface area contributed by atoms with Crippen molar-refractivity contribution in [1.29, 1.82) is 0 Å². The minimum atomic E-state index is -0.515. The minimum absolute atomic E-state index is 0.0571. The second kappa shape index (κ2) is 9.45. The Hall–Kier alpha value is -2.49. The molecular formula is C23H31NO3. The van der Waals surface area contributed by atoms with Crippen LogP contribution in [0.3, 0.4) is 0 Å². The number of hydrogen-bond acceptors (Lipinski definition) is 3. The molecule has 27 heavy (non-hydrogen) atoms. The zero-order valence-electron chi connectivity index (χ0n) is 17.3. The number of rotatable bonds is 8. The lowest BCUT2D eigenvalue weighted by atomic mass is 10.0. The highest BCUT2D eigenvalue weighted by Gasteiger charge is 2.23. The molecule has 0 heterocycles. The molecule has 2 aromatic rings. The molecule has 0 bridgehead atoms. The molecule has 0 aromatic heterocycles. The first-order chi connectivity index (χ1) is 12.9. The van der Waals surface area contributed by atoms with E-state index in [2.05, 4.69) is 18.3 Å². The summed E-state index contributed by atoms with van der Waals surface area (Å²) in [5.41, 5.74) is 4.28. The van der Waals surface area contributed by atoms with Crippen LogP contribution in [0.1, 0.15) is 55.0 Å². The van der Waals surface area contributed by atoms with Crippen molar-refractivity contribution in [2.24, 2.45) is 0 Å². The Kier molecular flexibility index (Phi) is 7.28. The lowest BCUT2D eigenvalue weighted by molar-refractivity contribution is -0.129. The molecule has 4 nitrogen and oxygen atoms in total. The van der Waals surface area contributed by atoms with Crippen LogP contribution in [0.4, 0.5) is 0 Å². The maximum absolute atomic E-state index is 12.9. The van der Waals surface area contributed by atoms with Gasteiger partial charge in [0.2, 0.25) is 0 Å². The third kappa shape index (κ3) is 5.25. The van der Waals surface area contributed by atoms with E-state index in [4.69, 9.17) is 9.47 Å². The van der Waals surface area contributed by atoms with Crippen molar-refractivity contribution in [3.05, 3.63) is 58.7 Å². The van der Waals surface area contributed by atoms with E-state index in [1.54, 1.807) is 7.11 Å². The quantitative estimate of drug-likeness (QED) is 0.709. The topological polar surface area (TPSA) is 47.6 Å². The average Bonchev–Trinajstić information content (AvgIpc) is 2.66. The molecule has 0 aliphatic heterocycles. The van der Waals surface area contributed by atoms with Crippen molar-refractivity contribution >= 4 is 5.91 Å². The SMILES string of the molecule is CC[C@@H](Oc1cc(C)ccc1C)C(=O)N[C@H](CC)c1ccc(OC)c(C)c1. The minimum Gasteiger partial charge on any atom is -0.496 e. The molecule has 1 N–H and O–H groups in total. The Balaban J connectivity index is 2.14. The molecule has 0 unspecified atom stereocenters. The predicted octanol–water partition coefficient (Wildman–Crippen LogP) is 5.05. The van der Waals surface area contributed by atoms with Gasteiger partial charge in [-0.25, -0.2) is 0 Å². The summed E-state index contributed by atoms with van der Waals surface area (Å²) in [6, 6.07) is 12.0. The summed E-state index contributed by atoms with van der Waals surface area (Å²) >= 11 is 0. The van der Waals surface area contributed by atoms with Crippen LogP contribution in [0.25, 0.3) is 0 Å². The van der Waals surface area contributed by atoms with E-state index in [1.807, 2.05) is 58.0 Å². The maximum atomic E-state index is 12.9. The molecule has 0 spiro atoms. The van der Waals surface area contributed by atoms with Gasteiger partial charge >= 0.3 is 0 Å². The summed E-state index contributed by atoms with van der Waals surface area (Å²) in [5, 5.41) is 3.15. The van der Waals surface area contributed by atoms with Gasteiger partial charge < -0.3 is 14.8 Å². The molecule has 0 aliphatic rings. The van der Waals surface area contributed by atoms with E-state index in [0.717, 1.165) is 40.2 Å². The molecule has 0 aliphatic carbocycles. The standard InChI is InChI=1S/C23H31NO3/c1-7-19(18-11-12-21(26-6)17(5)14-18)24-23(25)20(8-2)27-22-13-15(3)9-10-16(22)4/h9-14,19-20H,7-8H2,1-6H3,(H,24,25)/t19-,20-/m1/s1. The predicted molar refractivity (Wildman–Crippen MR) is 110 cm³/mol. The third-order valence-corrected chi connectivity index (χ3v) is 4.82. The van der Waals surface area contributed by atoms with Crippen LogP contribution < -0.4 is 14.8 Å². The van der Waals surface area contributed by atoms with Crippen LogP contribution in [0, 0.1) is 20.8 Å². The number of ether oxygens (including phenoxy) is 2. The van der Waals surface area contributed by atoms with Crippen molar-refractivity contribution in [3.8, 4) is 11.5 Å². The lowest BCUT2D eigenvalue weighted by Crippen LogP contribution is -2.40. The Labute approximate surface area is 162 Å². The summed E-state index contributed by atoms with van der Waals surface area (Å²) in [7, 11) is 1.66. The van der Waals surface area contributed by atoms with Crippen molar-refractivity contribution in [3.63, 3.8) is 0 Å². The number of nitrogens with one attached hydrogen (secondary N) is 1. The molecule has 4 heteroatoms. The summed E-state index contributed by atoms with van der Waals surface area (Å²) < 4.78 is 11.4. The fourth-order valence-electron chi connectivity index (χ4n) is 3.11. The van der Waals surface area contributed by atoms with Crippen LogP contribution in [0.15, 0.2) is 36.4 Å². The first-order valence-electron chi connectivity index (χ1n) is 9.58. The summed E-state index contributed by atoms with van der Waals surface area (Å²) in [6.07, 6.45) is 0.897. The maximum Gasteiger partial charge on any atom is 0.261 e. The number of amides is 1. The van der Waals surface area contributed by atoms with Gasteiger partial charge in [-0.1, -0.05) is 38.1 Å². The van der Waals surface area contributed by atoms with Gasteiger partial charge in [-0.05, 0) is 68.0 Å². The Bertz CT molecular complexity index is 785. The van der Waals surface area contributed by atoms with E-state index in [1.165, 1.54) is 0 Å². The first-order valence-corrected chi connectivity index (χ1v) is 9.58. The number of carbonyl (C=O) groups excluding carboxylic acids is 1. The second-order valence-corrected chi connectivity index (χ2v) is 6.98. The van der Waals surface area contributed by atoms with Crippen molar-refractivity contribution in [1.82, 2.24) is 5.32 Å². The second-order valence-electron chi connectivity index (χ2n) is 6.98. The zero-order valence-corrected chi connectivity index (χ0v) is 17.3. The van der Waals surface area contributed by atoms with Gasteiger partial charge in [0.25, 0.3) is 5.91 Å². The van der Waals surface area contributed by atoms with Gasteiger partial charge in [0, 0.05) is 0 Å². The molecular weight excluding hydrogens is 338 g/mol. The summed E-state index contributed by atoms with van der Waals surface area (Å²) in [5.74, 6) is 1.54.